The van der Waals surface area contributed by atoms with Crippen LogP contribution in [0.5, 0.6) is 5.75 Å². The molecule has 3 aliphatic rings. The number of pyridine rings is 1. The fraction of sp³-hybridized carbons (Fsp3) is 0.385. The number of halogens is 1. The lowest BCUT2D eigenvalue weighted by Crippen LogP contribution is -2.35. The summed E-state index contributed by atoms with van der Waals surface area (Å²) in [6, 6.07) is 7.86. The predicted molar refractivity (Wildman–Crippen MR) is 132 cm³/mol. The van der Waals surface area contributed by atoms with Gasteiger partial charge in [0.15, 0.2) is 0 Å². The van der Waals surface area contributed by atoms with Crippen LogP contribution in [-0.2, 0) is 6.54 Å². The first-order valence-corrected chi connectivity index (χ1v) is 12.1. The molecule has 1 saturated heterocycles. The van der Waals surface area contributed by atoms with E-state index in [1.165, 1.54) is 19.4 Å². The van der Waals surface area contributed by atoms with E-state index in [4.69, 9.17) is 20.4 Å². The summed E-state index contributed by atoms with van der Waals surface area (Å²) < 4.78 is 20.3. The second-order valence-electron chi connectivity index (χ2n) is 9.60. The number of aromatic nitrogens is 3. The third-order valence-electron chi connectivity index (χ3n) is 7.19. The highest BCUT2D eigenvalue weighted by atomic mass is 19.1. The number of benzene rings is 1. The second kappa shape index (κ2) is 8.79. The Labute approximate surface area is 207 Å². The number of fused-ring (bicyclic) bond motifs is 1. The van der Waals surface area contributed by atoms with Gasteiger partial charge in [-0.1, -0.05) is 6.07 Å². The van der Waals surface area contributed by atoms with E-state index in [1.807, 2.05) is 11.0 Å². The molecule has 0 bridgehead atoms. The maximum atomic E-state index is 14.9. The summed E-state index contributed by atoms with van der Waals surface area (Å²) in [7, 11) is 1.48. The van der Waals surface area contributed by atoms with Crippen LogP contribution in [0.1, 0.15) is 46.8 Å². The van der Waals surface area contributed by atoms with Crippen LogP contribution in [0.25, 0.3) is 11.3 Å². The zero-order valence-corrected chi connectivity index (χ0v) is 19.9. The largest absolute Gasteiger partial charge is 0.496 e. The predicted octanol–water partition coefficient (Wildman–Crippen LogP) is 2.62. The number of methoxy groups -OCH3 is 1. The number of carbonyl (C=O) groups is 1. The van der Waals surface area contributed by atoms with Crippen molar-refractivity contribution in [1.82, 2.24) is 15.0 Å². The standard InChI is InChI=1S/C26H27FN6O3/c1-36-21-4-2-3-19(27)23(21)24-18-12-33(25(35)17(18)7-8-29-24)22-10-20(14-5-6-14)30-26(31-22)32-11-15(28)9-16(32)13-34/h2-4,7-8,10,14-16,34H,5-6,9,11-13,28H2,1H3/t15-,16-/m0/s1. The number of carbonyl (C=O) groups excluding carboxylic acids is 1. The topological polar surface area (TPSA) is 118 Å². The van der Waals surface area contributed by atoms with Gasteiger partial charge < -0.3 is 20.5 Å². The van der Waals surface area contributed by atoms with Gasteiger partial charge in [-0.25, -0.2) is 9.37 Å². The van der Waals surface area contributed by atoms with Gasteiger partial charge in [-0.3, -0.25) is 14.7 Å². The number of aliphatic hydroxyl groups is 1. The van der Waals surface area contributed by atoms with Gasteiger partial charge in [-0.05, 0) is 37.5 Å². The normalized spacial score (nSPS) is 21.3. The number of nitrogens with two attached hydrogens (primary N) is 1. The molecular formula is C26H27FN6O3. The highest BCUT2D eigenvalue weighted by Crippen LogP contribution is 2.43. The summed E-state index contributed by atoms with van der Waals surface area (Å²) in [5, 5.41) is 9.89. The Balaban J connectivity index is 1.42. The lowest BCUT2D eigenvalue weighted by atomic mass is 10.0. The molecular weight excluding hydrogens is 463 g/mol. The summed E-state index contributed by atoms with van der Waals surface area (Å²) in [6.07, 6.45) is 4.23. The van der Waals surface area contributed by atoms with Crippen molar-refractivity contribution >= 4 is 17.7 Å². The van der Waals surface area contributed by atoms with Crippen molar-refractivity contribution in [2.75, 3.05) is 30.1 Å². The third-order valence-corrected chi connectivity index (χ3v) is 7.19. The molecule has 10 heteroatoms. The molecule has 2 atom stereocenters. The minimum atomic E-state index is -0.470. The Morgan fingerprint density at radius 1 is 1.25 bits per heavy atom. The molecule has 0 unspecified atom stereocenters. The van der Waals surface area contributed by atoms with Crippen LogP contribution in [0.15, 0.2) is 36.5 Å². The summed E-state index contributed by atoms with van der Waals surface area (Å²) in [5.74, 6) is 0.928. The highest BCUT2D eigenvalue weighted by Gasteiger charge is 2.37. The fourth-order valence-corrected chi connectivity index (χ4v) is 5.20. The number of ether oxygens (including phenoxy) is 1. The van der Waals surface area contributed by atoms with Crippen LogP contribution >= 0.6 is 0 Å². The Hall–Kier alpha value is -3.63. The lowest BCUT2D eigenvalue weighted by molar-refractivity contribution is 0.0996. The molecule has 2 fully saturated rings. The molecule has 1 amide bonds. The van der Waals surface area contributed by atoms with E-state index in [-0.39, 0.29) is 36.7 Å². The number of nitrogens with zero attached hydrogens (tertiary/aromatic N) is 5. The Bertz CT molecular complexity index is 1350. The van der Waals surface area contributed by atoms with Crippen molar-refractivity contribution in [3.63, 3.8) is 0 Å². The zero-order valence-electron chi connectivity index (χ0n) is 19.9. The van der Waals surface area contributed by atoms with Crippen LogP contribution in [0, 0.1) is 5.82 Å². The maximum absolute atomic E-state index is 14.9. The number of hydrogen-bond acceptors (Lipinski definition) is 8. The van der Waals surface area contributed by atoms with E-state index >= 15 is 0 Å². The summed E-state index contributed by atoms with van der Waals surface area (Å²) in [4.78, 5) is 31.1. The van der Waals surface area contributed by atoms with Gasteiger partial charge in [0.1, 0.15) is 17.4 Å². The van der Waals surface area contributed by atoms with E-state index in [2.05, 4.69) is 4.98 Å². The molecule has 3 N–H and O–H groups in total. The molecule has 186 valence electrons. The van der Waals surface area contributed by atoms with Gasteiger partial charge in [0.25, 0.3) is 5.91 Å². The average molecular weight is 491 g/mol. The molecule has 4 heterocycles. The average Bonchev–Trinajstić information content (AvgIpc) is 3.59. The fourth-order valence-electron chi connectivity index (χ4n) is 5.20. The van der Waals surface area contributed by atoms with Gasteiger partial charge in [-0.15, -0.1) is 0 Å². The summed E-state index contributed by atoms with van der Waals surface area (Å²) >= 11 is 0. The van der Waals surface area contributed by atoms with Gasteiger partial charge in [0.2, 0.25) is 5.95 Å². The molecule has 6 rings (SSSR count). The molecule has 2 aliphatic heterocycles. The molecule has 1 aromatic carbocycles. The van der Waals surface area contributed by atoms with Crippen LogP contribution < -0.4 is 20.3 Å². The number of anilines is 2. The number of amides is 1. The monoisotopic (exact) mass is 490 g/mol. The molecule has 2 aromatic heterocycles. The van der Waals surface area contributed by atoms with Crippen LogP contribution in [0.3, 0.4) is 0 Å². The van der Waals surface area contributed by atoms with Crippen LogP contribution in [-0.4, -0.2) is 58.3 Å². The highest BCUT2D eigenvalue weighted by molar-refractivity contribution is 6.10. The number of aliphatic hydroxyl groups excluding tert-OH is 1. The van der Waals surface area contributed by atoms with Crippen molar-refractivity contribution in [2.45, 2.75) is 43.8 Å². The van der Waals surface area contributed by atoms with Gasteiger partial charge in [-0.2, -0.15) is 4.98 Å². The number of hydrogen-bond donors (Lipinski definition) is 2. The third kappa shape index (κ3) is 3.77. The van der Waals surface area contributed by atoms with E-state index in [1.54, 1.807) is 23.1 Å². The van der Waals surface area contributed by atoms with Crippen LogP contribution in [0.2, 0.25) is 0 Å². The molecule has 36 heavy (non-hydrogen) atoms. The first-order chi connectivity index (χ1) is 17.5. The molecule has 0 radical (unpaired) electrons. The Morgan fingerprint density at radius 2 is 2.08 bits per heavy atom. The van der Waals surface area contributed by atoms with Crippen molar-refractivity contribution in [3.05, 3.63) is 59.2 Å². The summed E-state index contributed by atoms with van der Waals surface area (Å²) in [5.41, 5.74) is 8.72. The van der Waals surface area contributed by atoms with E-state index in [0.717, 1.165) is 18.5 Å². The SMILES string of the molecule is COc1cccc(F)c1-c1nccc2c1CN(c1cc(C3CC3)nc(N3C[C@@H](N)C[C@H]3CO)n1)C2=O. The van der Waals surface area contributed by atoms with E-state index in [0.29, 0.717) is 53.2 Å². The van der Waals surface area contributed by atoms with E-state index in [9.17, 15) is 14.3 Å². The molecule has 3 aromatic rings. The zero-order chi connectivity index (χ0) is 25.0. The second-order valence-corrected chi connectivity index (χ2v) is 9.60. The van der Waals surface area contributed by atoms with Crippen molar-refractivity contribution in [3.8, 4) is 17.0 Å². The smallest absolute Gasteiger partial charge is 0.260 e. The molecule has 1 saturated carbocycles. The minimum absolute atomic E-state index is 0.0480. The molecule has 0 spiro atoms. The first-order valence-electron chi connectivity index (χ1n) is 12.1. The quantitative estimate of drug-likeness (QED) is 0.542. The lowest BCUT2D eigenvalue weighted by Gasteiger charge is -2.25. The van der Waals surface area contributed by atoms with Crippen molar-refractivity contribution in [2.24, 2.45) is 5.73 Å². The van der Waals surface area contributed by atoms with Crippen LogP contribution in [0.4, 0.5) is 16.2 Å². The minimum Gasteiger partial charge on any atom is -0.496 e. The van der Waals surface area contributed by atoms with Crippen molar-refractivity contribution in [1.29, 1.82) is 0 Å². The van der Waals surface area contributed by atoms with E-state index < -0.39 is 5.82 Å². The number of rotatable bonds is 6. The molecule has 9 nitrogen and oxygen atoms in total. The van der Waals surface area contributed by atoms with Crippen molar-refractivity contribution < 1.29 is 19.0 Å². The molecule has 1 aliphatic carbocycles. The van der Waals surface area contributed by atoms with Gasteiger partial charge in [0, 0.05) is 41.9 Å². The maximum Gasteiger partial charge on any atom is 0.260 e. The Morgan fingerprint density at radius 3 is 2.83 bits per heavy atom. The van der Waals surface area contributed by atoms with Gasteiger partial charge in [0.05, 0.1) is 43.3 Å². The summed E-state index contributed by atoms with van der Waals surface area (Å²) in [6.45, 7) is 0.681. The Kier molecular flexibility index (Phi) is 5.57. The first kappa shape index (κ1) is 22.8. The van der Waals surface area contributed by atoms with Gasteiger partial charge >= 0.3 is 0 Å².